The Morgan fingerprint density at radius 3 is 2.56 bits per heavy atom. The van der Waals surface area contributed by atoms with Gasteiger partial charge in [-0.15, -0.1) is 0 Å². The second-order valence-corrected chi connectivity index (χ2v) is 5.50. The monoisotopic (exact) mass is 253 g/mol. The van der Waals surface area contributed by atoms with Crippen molar-refractivity contribution in [1.82, 2.24) is 14.7 Å². The largest absolute Gasteiger partial charge is 0.480 e. The molecule has 0 aromatic carbocycles. The summed E-state index contributed by atoms with van der Waals surface area (Å²) in [6, 6.07) is 0.0291. The number of carboxylic acids is 1. The van der Waals surface area contributed by atoms with Gasteiger partial charge in [-0.05, 0) is 34.6 Å². The lowest BCUT2D eigenvalue weighted by Gasteiger charge is -2.38. The fraction of sp³-hybridized carbons (Fsp3) is 0.692. The van der Waals surface area contributed by atoms with Crippen molar-refractivity contribution in [3.8, 4) is 0 Å². The van der Waals surface area contributed by atoms with Crippen molar-refractivity contribution in [3.63, 3.8) is 0 Å². The lowest BCUT2D eigenvalue weighted by Crippen LogP contribution is -2.45. The van der Waals surface area contributed by atoms with Gasteiger partial charge in [-0.3, -0.25) is 14.4 Å². The fourth-order valence-corrected chi connectivity index (χ4v) is 2.05. The minimum absolute atomic E-state index is 0.0291. The average Bonchev–Trinajstić information content (AvgIpc) is 2.71. The van der Waals surface area contributed by atoms with E-state index in [0.717, 1.165) is 12.1 Å². The van der Waals surface area contributed by atoms with Crippen molar-refractivity contribution in [2.24, 2.45) is 0 Å². The molecule has 0 bridgehead atoms. The molecule has 0 aliphatic carbocycles. The molecule has 5 nitrogen and oxygen atoms in total. The van der Waals surface area contributed by atoms with Crippen LogP contribution in [0.15, 0.2) is 12.4 Å². The van der Waals surface area contributed by atoms with Crippen LogP contribution in [-0.4, -0.2) is 37.8 Å². The summed E-state index contributed by atoms with van der Waals surface area (Å²) >= 11 is 0. The molecule has 0 aliphatic rings. The van der Waals surface area contributed by atoms with Gasteiger partial charge in [0.2, 0.25) is 0 Å². The number of aryl methyl sites for hydroxylation is 1. The predicted octanol–water partition coefficient (Wildman–Crippen LogP) is 2.15. The van der Waals surface area contributed by atoms with Crippen molar-refractivity contribution in [2.45, 2.75) is 52.7 Å². The SMILES string of the molecule is CCn1cc(C(C)N(CC(=O)O)C(C)(C)C)cn1. The molecule has 0 saturated heterocycles. The highest BCUT2D eigenvalue weighted by atomic mass is 16.4. The van der Waals surface area contributed by atoms with Crippen LogP contribution in [0.2, 0.25) is 0 Å². The number of aliphatic carboxylic acids is 1. The molecular formula is C13H23N3O2. The molecule has 18 heavy (non-hydrogen) atoms. The van der Waals surface area contributed by atoms with Gasteiger partial charge in [-0.2, -0.15) is 5.10 Å². The molecule has 0 radical (unpaired) electrons. The Hall–Kier alpha value is -1.36. The first-order valence-electron chi connectivity index (χ1n) is 6.26. The number of carboxylic acid groups (broad SMARTS) is 1. The van der Waals surface area contributed by atoms with Gasteiger partial charge in [-0.1, -0.05) is 0 Å². The van der Waals surface area contributed by atoms with E-state index in [4.69, 9.17) is 5.11 Å². The summed E-state index contributed by atoms with van der Waals surface area (Å²) in [5.74, 6) is -0.806. The second-order valence-electron chi connectivity index (χ2n) is 5.50. The summed E-state index contributed by atoms with van der Waals surface area (Å²) in [7, 11) is 0. The third-order valence-electron chi connectivity index (χ3n) is 3.09. The summed E-state index contributed by atoms with van der Waals surface area (Å²) in [5, 5.41) is 13.3. The van der Waals surface area contributed by atoms with Crippen molar-refractivity contribution < 1.29 is 9.90 Å². The summed E-state index contributed by atoms with van der Waals surface area (Å²) in [4.78, 5) is 13.0. The van der Waals surface area contributed by atoms with Gasteiger partial charge in [0.05, 0.1) is 12.7 Å². The van der Waals surface area contributed by atoms with Gasteiger partial charge < -0.3 is 5.11 Å². The van der Waals surface area contributed by atoms with Gasteiger partial charge >= 0.3 is 5.97 Å². The van der Waals surface area contributed by atoms with Crippen LogP contribution in [0.1, 0.15) is 46.2 Å². The topological polar surface area (TPSA) is 58.4 Å². The molecule has 1 heterocycles. The molecule has 1 N–H and O–H groups in total. The number of hydrogen-bond donors (Lipinski definition) is 1. The highest BCUT2D eigenvalue weighted by molar-refractivity contribution is 5.69. The van der Waals surface area contributed by atoms with Gasteiger partial charge in [0, 0.05) is 29.9 Å². The standard InChI is InChI=1S/C13H23N3O2/c1-6-15-8-11(7-14-15)10(2)16(9-12(17)18)13(3,4)5/h7-8,10H,6,9H2,1-5H3,(H,17,18). The third-order valence-corrected chi connectivity index (χ3v) is 3.09. The van der Waals surface area contributed by atoms with Crippen LogP contribution in [-0.2, 0) is 11.3 Å². The molecule has 5 heteroatoms. The first kappa shape index (κ1) is 14.7. The van der Waals surface area contributed by atoms with Crippen molar-refractivity contribution in [1.29, 1.82) is 0 Å². The number of nitrogens with zero attached hydrogens (tertiary/aromatic N) is 3. The molecule has 0 spiro atoms. The third kappa shape index (κ3) is 3.57. The minimum atomic E-state index is -0.806. The van der Waals surface area contributed by atoms with Crippen molar-refractivity contribution >= 4 is 5.97 Å². The van der Waals surface area contributed by atoms with Gasteiger partial charge in [0.25, 0.3) is 0 Å². The van der Waals surface area contributed by atoms with E-state index in [0.29, 0.717) is 0 Å². The maximum absolute atomic E-state index is 11.0. The molecule has 1 rings (SSSR count). The Morgan fingerprint density at radius 2 is 2.17 bits per heavy atom. The van der Waals surface area contributed by atoms with Gasteiger partial charge in [-0.25, -0.2) is 0 Å². The van der Waals surface area contributed by atoms with E-state index >= 15 is 0 Å². The van der Waals surface area contributed by atoms with Crippen LogP contribution in [0.4, 0.5) is 0 Å². The zero-order valence-electron chi connectivity index (χ0n) is 11.8. The lowest BCUT2D eigenvalue weighted by molar-refractivity contribution is -0.140. The molecule has 1 aromatic heterocycles. The number of rotatable bonds is 5. The first-order valence-corrected chi connectivity index (χ1v) is 6.26. The Labute approximate surface area is 108 Å². The summed E-state index contributed by atoms with van der Waals surface area (Å²) < 4.78 is 1.85. The van der Waals surface area contributed by atoms with Crippen LogP contribution < -0.4 is 0 Å². The molecule has 0 fully saturated rings. The Morgan fingerprint density at radius 1 is 1.56 bits per heavy atom. The average molecular weight is 253 g/mol. The summed E-state index contributed by atoms with van der Waals surface area (Å²) in [6.45, 7) is 11.0. The maximum Gasteiger partial charge on any atom is 0.317 e. The summed E-state index contributed by atoms with van der Waals surface area (Å²) in [6.07, 6.45) is 3.79. The Bertz CT molecular complexity index is 407. The van der Waals surface area contributed by atoms with Gasteiger partial charge in [0.15, 0.2) is 0 Å². The Kier molecular flexibility index (Phi) is 4.51. The van der Waals surface area contributed by atoms with Crippen molar-refractivity contribution in [2.75, 3.05) is 6.54 Å². The van der Waals surface area contributed by atoms with E-state index in [1.54, 1.807) is 0 Å². The van der Waals surface area contributed by atoms with E-state index in [1.165, 1.54) is 0 Å². The molecular weight excluding hydrogens is 230 g/mol. The molecule has 0 aliphatic heterocycles. The molecule has 1 unspecified atom stereocenters. The van der Waals surface area contributed by atoms with Crippen LogP contribution in [0.25, 0.3) is 0 Å². The molecule has 1 atom stereocenters. The number of carbonyl (C=O) groups is 1. The van der Waals surface area contributed by atoms with E-state index in [2.05, 4.69) is 5.10 Å². The molecule has 102 valence electrons. The molecule has 0 saturated carbocycles. The fourth-order valence-electron chi connectivity index (χ4n) is 2.05. The first-order chi connectivity index (χ1) is 8.25. The maximum atomic E-state index is 11.0. The highest BCUT2D eigenvalue weighted by Gasteiger charge is 2.29. The van der Waals surface area contributed by atoms with E-state index < -0.39 is 5.97 Å². The van der Waals surface area contributed by atoms with Gasteiger partial charge in [0.1, 0.15) is 0 Å². The number of hydrogen-bond acceptors (Lipinski definition) is 3. The second kappa shape index (κ2) is 5.52. The van der Waals surface area contributed by atoms with E-state index in [9.17, 15) is 4.79 Å². The zero-order chi connectivity index (χ0) is 13.9. The van der Waals surface area contributed by atoms with E-state index in [1.807, 2.05) is 56.6 Å². The lowest BCUT2D eigenvalue weighted by atomic mass is 10.0. The van der Waals surface area contributed by atoms with Crippen LogP contribution >= 0.6 is 0 Å². The van der Waals surface area contributed by atoms with Crippen LogP contribution in [0.3, 0.4) is 0 Å². The smallest absolute Gasteiger partial charge is 0.317 e. The molecule has 1 aromatic rings. The minimum Gasteiger partial charge on any atom is -0.480 e. The normalized spacial score (nSPS) is 13.9. The Balaban J connectivity index is 2.94. The van der Waals surface area contributed by atoms with Crippen LogP contribution in [0, 0.1) is 0 Å². The highest BCUT2D eigenvalue weighted by Crippen LogP contribution is 2.27. The van der Waals surface area contributed by atoms with Crippen LogP contribution in [0.5, 0.6) is 0 Å². The quantitative estimate of drug-likeness (QED) is 0.873. The number of aromatic nitrogens is 2. The predicted molar refractivity (Wildman–Crippen MR) is 70.4 cm³/mol. The zero-order valence-corrected chi connectivity index (χ0v) is 11.8. The van der Waals surface area contributed by atoms with E-state index in [-0.39, 0.29) is 18.1 Å². The molecule has 0 amide bonds. The summed E-state index contributed by atoms with van der Waals surface area (Å²) in [5.41, 5.74) is 0.847. The van der Waals surface area contributed by atoms with Crippen molar-refractivity contribution in [3.05, 3.63) is 18.0 Å².